The molecule has 0 aliphatic carbocycles. The van der Waals surface area contributed by atoms with Crippen LogP contribution in [0.1, 0.15) is 451 Å². The van der Waals surface area contributed by atoms with Crippen LogP contribution >= 0.6 is 0 Å². The summed E-state index contributed by atoms with van der Waals surface area (Å²) in [5.74, 6) is -0.830. The second-order valence-electron chi connectivity index (χ2n) is 26.3. The molecule has 0 N–H and O–H groups in total. The summed E-state index contributed by atoms with van der Waals surface area (Å²) < 4.78 is 16.9. The first-order chi connectivity index (χ1) is 40.5. The van der Waals surface area contributed by atoms with Crippen molar-refractivity contribution in [3.05, 3.63) is 0 Å². The Hall–Kier alpha value is -1.59. The summed E-state index contributed by atoms with van der Waals surface area (Å²) in [6.45, 7) is 6.70. The molecule has 0 heterocycles. The Kier molecular flexibility index (Phi) is 70.5. The lowest BCUT2D eigenvalue weighted by molar-refractivity contribution is -0.167. The number of rotatable bonds is 72. The van der Waals surface area contributed by atoms with Crippen LogP contribution < -0.4 is 0 Å². The lowest BCUT2D eigenvalue weighted by Gasteiger charge is -2.18. The Morgan fingerprint density at radius 3 is 0.488 bits per heavy atom. The molecule has 0 amide bonds. The van der Waals surface area contributed by atoms with Crippen molar-refractivity contribution in [2.75, 3.05) is 13.2 Å². The van der Waals surface area contributed by atoms with Gasteiger partial charge in [0.2, 0.25) is 0 Å². The van der Waals surface area contributed by atoms with Crippen molar-refractivity contribution >= 4 is 17.9 Å². The molecule has 0 aliphatic heterocycles. The van der Waals surface area contributed by atoms with Gasteiger partial charge >= 0.3 is 17.9 Å². The van der Waals surface area contributed by atoms with E-state index in [1.807, 2.05) is 0 Å². The van der Waals surface area contributed by atoms with Crippen LogP contribution in [-0.2, 0) is 28.6 Å². The SMILES string of the molecule is CCCCCCCCCCCCCCCCCCCCCCCCCCCCCCCC(=O)OCC(COC(=O)CCCCCCCCC)OC(=O)CCCCCCCCCCCCCCCCCCCCCCCCCCCCCC. The maximum Gasteiger partial charge on any atom is 0.306 e. The van der Waals surface area contributed by atoms with E-state index in [-0.39, 0.29) is 31.1 Å². The molecule has 0 aromatic heterocycles. The van der Waals surface area contributed by atoms with Gasteiger partial charge in [-0.05, 0) is 19.3 Å². The zero-order chi connectivity index (χ0) is 59.2. The van der Waals surface area contributed by atoms with Gasteiger partial charge in [0.05, 0.1) is 0 Å². The van der Waals surface area contributed by atoms with Gasteiger partial charge in [-0.2, -0.15) is 0 Å². The lowest BCUT2D eigenvalue weighted by atomic mass is 10.0. The predicted molar refractivity (Wildman–Crippen MR) is 358 cm³/mol. The zero-order valence-electron chi connectivity index (χ0n) is 56.3. The predicted octanol–water partition coefficient (Wildman–Crippen LogP) is 26.2. The van der Waals surface area contributed by atoms with Gasteiger partial charge in [0.1, 0.15) is 13.2 Å². The molecule has 6 nitrogen and oxygen atoms in total. The Morgan fingerprint density at radius 1 is 0.195 bits per heavy atom. The first kappa shape index (κ1) is 80.4. The van der Waals surface area contributed by atoms with Gasteiger partial charge in [0.25, 0.3) is 0 Å². The molecule has 1 unspecified atom stereocenters. The number of unbranched alkanes of at least 4 members (excludes halogenated alkanes) is 61. The zero-order valence-corrected chi connectivity index (χ0v) is 56.3. The number of hydrogen-bond donors (Lipinski definition) is 0. The van der Waals surface area contributed by atoms with E-state index in [1.54, 1.807) is 0 Å². The highest BCUT2D eigenvalue weighted by Gasteiger charge is 2.20. The Balaban J connectivity index is 3.94. The molecule has 0 saturated carbocycles. The van der Waals surface area contributed by atoms with Crippen LogP contribution in [0, 0.1) is 0 Å². The van der Waals surface area contributed by atoms with Crippen LogP contribution in [0.5, 0.6) is 0 Å². The van der Waals surface area contributed by atoms with Crippen molar-refractivity contribution in [2.24, 2.45) is 0 Å². The summed E-state index contributed by atoms with van der Waals surface area (Å²) in [4.78, 5) is 38.2. The first-order valence-electron chi connectivity index (χ1n) is 38.0. The fraction of sp³-hybridized carbons (Fsp3) is 0.961. The molecule has 0 fully saturated rings. The van der Waals surface area contributed by atoms with Crippen molar-refractivity contribution in [2.45, 2.75) is 457 Å². The van der Waals surface area contributed by atoms with E-state index in [1.165, 1.54) is 353 Å². The molecule has 6 heteroatoms. The number of carbonyl (C=O) groups excluding carboxylic acids is 3. The minimum Gasteiger partial charge on any atom is -0.462 e. The second-order valence-corrected chi connectivity index (χ2v) is 26.3. The summed E-state index contributed by atoms with van der Waals surface area (Å²) in [5.41, 5.74) is 0. The van der Waals surface area contributed by atoms with Gasteiger partial charge in [-0.3, -0.25) is 14.4 Å². The maximum atomic E-state index is 12.9. The molecule has 0 bridgehead atoms. The van der Waals surface area contributed by atoms with E-state index in [4.69, 9.17) is 14.2 Å². The summed E-state index contributed by atoms with van der Waals surface area (Å²) in [6.07, 6.45) is 86.3. The van der Waals surface area contributed by atoms with Crippen molar-refractivity contribution < 1.29 is 28.6 Å². The maximum absolute atomic E-state index is 12.9. The highest BCUT2D eigenvalue weighted by molar-refractivity contribution is 5.71. The standard InChI is InChI=1S/C76H148O6/c1-4-7-10-13-16-18-20-22-24-26-28-30-32-34-36-38-40-41-43-45-47-49-51-53-55-57-60-63-66-69-75(78)81-72-73(71-80-74(77)68-65-62-59-15-12-9-6-3)82-76(79)70-67-64-61-58-56-54-52-50-48-46-44-42-39-37-35-33-31-29-27-25-23-21-19-17-14-11-8-5-2/h73H,4-72H2,1-3H3. The molecule has 0 aromatic carbocycles. The number of esters is 3. The van der Waals surface area contributed by atoms with Crippen LogP contribution in [0.3, 0.4) is 0 Å². The van der Waals surface area contributed by atoms with E-state index in [0.29, 0.717) is 19.3 Å². The van der Waals surface area contributed by atoms with Gasteiger partial charge in [0, 0.05) is 19.3 Å². The second kappa shape index (κ2) is 71.9. The van der Waals surface area contributed by atoms with E-state index in [2.05, 4.69) is 20.8 Å². The molecule has 0 aliphatic rings. The van der Waals surface area contributed by atoms with Gasteiger partial charge in [-0.25, -0.2) is 0 Å². The monoisotopic (exact) mass is 1160 g/mol. The minimum atomic E-state index is -0.762. The molecule has 0 radical (unpaired) electrons. The molecular weight excluding hydrogens is 1010 g/mol. The summed E-state index contributed by atoms with van der Waals surface area (Å²) in [5, 5.41) is 0. The minimum absolute atomic E-state index is 0.0611. The molecule has 0 spiro atoms. The van der Waals surface area contributed by atoms with Crippen molar-refractivity contribution in [3.63, 3.8) is 0 Å². The third-order valence-corrected chi connectivity index (χ3v) is 17.9. The van der Waals surface area contributed by atoms with Gasteiger partial charge in [0.15, 0.2) is 6.10 Å². The van der Waals surface area contributed by atoms with E-state index >= 15 is 0 Å². The molecule has 0 aromatic rings. The van der Waals surface area contributed by atoms with Gasteiger partial charge in [-0.1, -0.05) is 412 Å². The average Bonchev–Trinajstić information content (AvgIpc) is 3.48. The smallest absolute Gasteiger partial charge is 0.306 e. The van der Waals surface area contributed by atoms with Crippen molar-refractivity contribution in [1.82, 2.24) is 0 Å². The normalized spacial score (nSPS) is 11.9. The van der Waals surface area contributed by atoms with Crippen LogP contribution in [0.25, 0.3) is 0 Å². The Morgan fingerprint density at radius 2 is 0.329 bits per heavy atom. The van der Waals surface area contributed by atoms with E-state index in [9.17, 15) is 14.4 Å². The molecule has 0 saturated heterocycles. The fourth-order valence-corrected chi connectivity index (χ4v) is 12.2. The first-order valence-corrected chi connectivity index (χ1v) is 38.0. The molecule has 0 rings (SSSR count). The van der Waals surface area contributed by atoms with E-state index < -0.39 is 6.10 Å². The summed E-state index contributed by atoms with van der Waals surface area (Å²) in [7, 11) is 0. The lowest BCUT2D eigenvalue weighted by Crippen LogP contribution is -2.30. The molecule has 488 valence electrons. The van der Waals surface area contributed by atoms with Gasteiger partial charge < -0.3 is 14.2 Å². The van der Waals surface area contributed by atoms with E-state index in [0.717, 1.165) is 57.8 Å². The summed E-state index contributed by atoms with van der Waals surface area (Å²) in [6, 6.07) is 0. The fourth-order valence-electron chi connectivity index (χ4n) is 12.2. The van der Waals surface area contributed by atoms with Crippen LogP contribution in [-0.4, -0.2) is 37.2 Å². The Bertz CT molecular complexity index is 1240. The highest BCUT2D eigenvalue weighted by atomic mass is 16.6. The largest absolute Gasteiger partial charge is 0.462 e. The number of ether oxygens (including phenoxy) is 3. The van der Waals surface area contributed by atoms with Crippen molar-refractivity contribution in [1.29, 1.82) is 0 Å². The molecule has 1 atom stereocenters. The van der Waals surface area contributed by atoms with Crippen LogP contribution in [0.4, 0.5) is 0 Å². The Labute approximate surface area is 514 Å². The van der Waals surface area contributed by atoms with Crippen molar-refractivity contribution in [3.8, 4) is 0 Å². The highest BCUT2D eigenvalue weighted by Crippen LogP contribution is 2.20. The number of carbonyl (C=O) groups is 3. The van der Waals surface area contributed by atoms with Gasteiger partial charge in [-0.15, -0.1) is 0 Å². The third-order valence-electron chi connectivity index (χ3n) is 17.9. The van der Waals surface area contributed by atoms with Crippen LogP contribution in [0.15, 0.2) is 0 Å². The van der Waals surface area contributed by atoms with Crippen LogP contribution in [0.2, 0.25) is 0 Å². The topological polar surface area (TPSA) is 78.9 Å². The number of hydrogen-bond acceptors (Lipinski definition) is 6. The average molecular weight is 1160 g/mol. The third kappa shape index (κ3) is 69.2. The molecular formula is C76H148O6. The molecule has 82 heavy (non-hydrogen) atoms. The quantitative estimate of drug-likeness (QED) is 0.0343. The summed E-state index contributed by atoms with van der Waals surface area (Å²) >= 11 is 0.